The maximum Gasteiger partial charge on any atom is 0.339 e. The van der Waals surface area contributed by atoms with Gasteiger partial charge < -0.3 is 14.9 Å². The van der Waals surface area contributed by atoms with Gasteiger partial charge in [0.05, 0.1) is 4.47 Å². The highest BCUT2D eigenvalue weighted by Gasteiger charge is 2.14. The van der Waals surface area contributed by atoms with Crippen LogP contribution in [0.25, 0.3) is 0 Å². The molecule has 0 saturated carbocycles. The average molecular weight is 402 g/mol. The van der Waals surface area contributed by atoms with Gasteiger partial charge in [-0.15, -0.1) is 0 Å². The van der Waals surface area contributed by atoms with Crippen molar-refractivity contribution >= 4 is 37.8 Å². The molecule has 4 nitrogen and oxygen atoms in total. The molecule has 2 rings (SSSR count). The second-order valence-electron chi connectivity index (χ2n) is 4.02. The van der Waals surface area contributed by atoms with Crippen LogP contribution in [0, 0.1) is 0 Å². The van der Waals surface area contributed by atoms with Crippen LogP contribution in [-0.2, 0) is 6.61 Å². The Hall–Kier alpha value is -1.53. The van der Waals surface area contributed by atoms with Crippen LogP contribution in [0.1, 0.15) is 15.9 Å². The van der Waals surface area contributed by atoms with E-state index in [4.69, 9.17) is 9.84 Å². The lowest BCUT2D eigenvalue weighted by molar-refractivity contribution is 0.0693. The van der Waals surface area contributed by atoms with Gasteiger partial charge in [-0.1, -0.05) is 28.1 Å². The van der Waals surface area contributed by atoms with Gasteiger partial charge >= 0.3 is 5.97 Å². The molecule has 20 heavy (non-hydrogen) atoms. The highest BCUT2D eigenvalue weighted by Crippen LogP contribution is 2.33. The third-order valence-corrected chi connectivity index (χ3v) is 3.68. The lowest BCUT2D eigenvalue weighted by Gasteiger charge is -2.10. The number of rotatable bonds is 4. The van der Waals surface area contributed by atoms with Crippen molar-refractivity contribution in [3.63, 3.8) is 0 Å². The predicted molar refractivity (Wildman–Crippen MR) is 81.2 cm³/mol. The molecule has 104 valence electrons. The summed E-state index contributed by atoms with van der Waals surface area (Å²) < 4.78 is 6.99. The van der Waals surface area contributed by atoms with Crippen molar-refractivity contribution in [2.45, 2.75) is 6.61 Å². The highest BCUT2D eigenvalue weighted by atomic mass is 79.9. The fourth-order valence-corrected chi connectivity index (χ4v) is 2.52. The zero-order chi connectivity index (χ0) is 14.7. The third-order valence-electron chi connectivity index (χ3n) is 2.56. The highest BCUT2D eigenvalue weighted by molar-refractivity contribution is 9.10. The first-order chi connectivity index (χ1) is 9.47. The molecule has 0 amide bonds. The lowest BCUT2D eigenvalue weighted by Crippen LogP contribution is -2.00. The van der Waals surface area contributed by atoms with E-state index in [2.05, 4.69) is 31.9 Å². The van der Waals surface area contributed by atoms with Gasteiger partial charge in [0.15, 0.2) is 0 Å². The van der Waals surface area contributed by atoms with Crippen LogP contribution in [0.3, 0.4) is 0 Å². The van der Waals surface area contributed by atoms with Crippen LogP contribution in [0.4, 0.5) is 0 Å². The number of carbonyl (C=O) groups is 1. The maximum atomic E-state index is 10.9. The summed E-state index contributed by atoms with van der Waals surface area (Å²) in [5.41, 5.74) is 0.778. The molecule has 0 atom stereocenters. The number of hydrogen-bond donors (Lipinski definition) is 2. The number of carboxylic acids is 1. The Morgan fingerprint density at radius 1 is 1.20 bits per heavy atom. The van der Waals surface area contributed by atoms with Crippen molar-refractivity contribution in [3.8, 4) is 11.5 Å². The van der Waals surface area contributed by atoms with E-state index in [1.165, 1.54) is 12.1 Å². The van der Waals surface area contributed by atoms with Crippen molar-refractivity contribution in [2.75, 3.05) is 0 Å². The minimum absolute atomic E-state index is 0.174. The van der Waals surface area contributed by atoms with Gasteiger partial charge in [-0.3, -0.25) is 0 Å². The molecule has 0 bridgehead atoms. The van der Waals surface area contributed by atoms with E-state index in [1.807, 2.05) is 24.3 Å². The molecule has 0 heterocycles. The summed E-state index contributed by atoms with van der Waals surface area (Å²) in [6, 6.07) is 10.2. The molecule has 2 aromatic carbocycles. The molecule has 0 aliphatic heterocycles. The third kappa shape index (κ3) is 3.52. The summed E-state index contributed by atoms with van der Waals surface area (Å²) in [4.78, 5) is 10.9. The standard InChI is InChI=1S/C14H10Br2O4/c15-9-3-1-2-8(4-9)7-20-13-6-12(17)10(14(18)19)5-11(13)16/h1-6,17H,7H2,(H,18,19). The van der Waals surface area contributed by atoms with Gasteiger partial charge in [-0.25, -0.2) is 4.79 Å². The van der Waals surface area contributed by atoms with Gasteiger partial charge in [0.2, 0.25) is 0 Å². The molecule has 2 N–H and O–H groups in total. The van der Waals surface area contributed by atoms with Gasteiger partial charge in [-0.2, -0.15) is 0 Å². The van der Waals surface area contributed by atoms with Crippen LogP contribution in [0.2, 0.25) is 0 Å². The Bertz CT molecular complexity index is 656. The van der Waals surface area contributed by atoms with Crippen LogP contribution in [-0.4, -0.2) is 16.2 Å². The number of ether oxygens (including phenoxy) is 1. The normalized spacial score (nSPS) is 10.3. The molecule has 0 fully saturated rings. The Balaban J connectivity index is 2.18. The van der Waals surface area contributed by atoms with E-state index in [0.29, 0.717) is 16.8 Å². The minimum Gasteiger partial charge on any atom is -0.507 e. The van der Waals surface area contributed by atoms with Crippen LogP contribution in [0.5, 0.6) is 11.5 Å². The fourth-order valence-electron chi connectivity index (χ4n) is 1.61. The van der Waals surface area contributed by atoms with Crippen molar-refractivity contribution in [3.05, 3.63) is 56.5 Å². The molecular formula is C14H10Br2O4. The number of halogens is 2. The lowest BCUT2D eigenvalue weighted by atomic mass is 10.2. The van der Waals surface area contributed by atoms with Crippen LogP contribution < -0.4 is 4.74 Å². The summed E-state index contributed by atoms with van der Waals surface area (Å²) in [5, 5.41) is 18.5. The summed E-state index contributed by atoms with van der Waals surface area (Å²) in [7, 11) is 0. The number of phenols is 1. The van der Waals surface area contributed by atoms with Gasteiger partial charge in [0.25, 0.3) is 0 Å². The summed E-state index contributed by atoms with van der Waals surface area (Å²) in [6.07, 6.45) is 0. The average Bonchev–Trinajstić information content (AvgIpc) is 2.39. The van der Waals surface area contributed by atoms with Crippen LogP contribution >= 0.6 is 31.9 Å². The zero-order valence-corrected chi connectivity index (χ0v) is 13.3. The minimum atomic E-state index is -1.19. The van der Waals surface area contributed by atoms with Gasteiger partial charge in [0.1, 0.15) is 23.7 Å². The SMILES string of the molecule is O=C(O)c1cc(Br)c(OCc2cccc(Br)c2)cc1O. The van der Waals surface area contributed by atoms with Crippen LogP contribution in [0.15, 0.2) is 45.3 Å². The van der Waals surface area contributed by atoms with Crippen molar-refractivity contribution in [1.29, 1.82) is 0 Å². The quantitative estimate of drug-likeness (QED) is 0.805. The topological polar surface area (TPSA) is 66.8 Å². The Kier molecular flexibility index (Phi) is 4.67. The number of aromatic hydroxyl groups is 1. The van der Waals surface area contributed by atoms with E-state index in [-0.39, 0.29) is 11.3 Å². The van der Waals surface area contributed by atoms with Gasteiger partial charge in [-0.05, 0) is 39.7 Å². The van der Waals surface area contributed by atoms with E-state index in [0.717, 1.165) is 10.0 Å². The molecule has 0 unspecified atom stereocenters. The van der Waals surface area contributed by atoms with Crippen molar-refractivity contribution in [1.82, 2.24) is 0 Å². The molecule has 0 radical (unpaired) electrons. The first kappa shape index (κ1) is 14.9. The Morgan fingerprint density at radius 2 is 1.95 bits per heavy atom. The molecular weight excluding hydrogens is 392 g/mol. The smallest absolute Gasteiger partial charge is 0.339 e. The molecule has 0 saturated heterocycles. The number of aromatic carboxylic acids is 1. The van der Waals surface area contributed by atoms with Gasteiger partial charge in [0, 0.05) is 10.5 Å². The van der Waals surface area contributed by atoms with E-state index in [9.17, 15) is 9.90 Å². The zero-order valence-electron chi connectivity index (χ0n) is 10.1. The Labute approximate surface area is 132 Å². The van der Waals surface area contributed by atoms with Crippen molar-refractivity contribution in [2.24, 2.45) is 0 Å². The first-order valence-electron chi connectivity index (χ1n) is 5.60. The Morgan fingerprint density at radius 3 is 2.60 bits per heavy atom. The summed E-state index contributed by atoms with van der Waals surface area (Å²) >= 11 is 6.60. The molecule has 0 spiro atoms. The second kappa shape index (κ2) is 6.28. The molecule has 0 aromatic heterocycles. The molecule has 6 heteroatoms. The predicted octanol–water partition coefficient (Wildman–Crippen LogP) is 4.19. The van der Waals surface area contributed by atoms with E-state index >= 15 is 0 Å². The summed E-state index contributed by atoms with van der Waals surface area (Å²) in [6.45, 7) is 0.309. The summed E-state index contributed by atoms with van der Waals surface area (Å²) in [5.74, 6) is -1.14. The number of hydrogen-bond acceptors (Lipinski definition) is 3. The largest absolute Gasteiger partial charge is 0.507 e. The molecule has 2 aromatic rings. The molecule has 0 aliphatic carbocycles. The van der Waals surface area contributed by atoms with Crippen molar-refractivity contribution < 1.29 is 19.7 Å². The van der Waals surface area contributed by atoms with E-state index in [1.54, 1.807) is 0 Å². The fraction of sp³-hybridized carbons (Fsp3) is 0.0714. The number of benzene rings is 2. The second-order valence-corrected chi connectivity index (χ2v) is 5.79. The first-order valence-corrected chi connectivity index (χ1v) is 7.19. The maximum absolute atomic E-state index is 10.9. The van der Waals surface area contributed by atoms with E-state index < -0.39 is 5.97 Å². The monoisotopic (exact) mass is 400 g/mol. The number of carboxylic acid groups (broad SMARTS) is 1. The molecule has 0 aliphatic rings.